The van der Waals surface area contributed by atoms with E-state index in [0.29, 0.717) is 5.69 Å². The summed E-state index contributed by atoms with van der Waals surface area (Å²) in [7, 11) is 1.20. The topological polar surface area (TPSA) is 131 Å². The summed E-state index contributed by atoms with van der Waals surface area (Å²) in [4.78, 5) is 36.3. The van der Waals surface area contributed by atoms with Crippen LogP contribution in [0.15, 0.2) is 23.0 Å². The summed E-state index contributed by atoms with van der Waals surface area (Å²) in [5.41, 5.74) is -0.237. The van der Waals surface area contributed by atoms with Gasteiger partial charge < -0.3 is 19.9 Å². The van der Waals surface area contributed by atoms with Crippen molar-refractivity contribution in [1.82, 2.24) is 4.57 Å². The van der Waals surface area contributed by atoms with Crippen molar-refractivity contribution in [3.63, 3.8) is 0 Å². The van der Waals surface area contributed by atoms with Crippen LogP contribution in [0, 0.1) is 11.3 Å². The predicted molar refractivity (Wildman–Crippen MR) is 107 cm³/mol. The maximum absolute atomic E-state index is 12.6. The zero-order valence-corrected chi connectivity index (χ0v) is 16.8. The standard InChI is InChI=1S/C19H19N3O6S/c1-4-22-16(24)15(29-17(22)13(9-20)19(26)28-5-2)10-21-11-6-7-14(23)12(8-11)18(25)27-3/h6-8,10,21,23H,4-5H2,1-3H3. The fourth-order valence-corrected chi connectivity index (χ4v) is 3.50. The van der Waals surface area contributed by atoms with Crippen molar-refractivity contribution in [2.45, 2.75) is 20.4 Å². The Morgan fingerprint density at radius 2 is 2.10 bits per heavy atom. The number of ether oxygens (including phenoxy) is 2. The second-order valence-corrected chi connectivity index (χ2v) is 6.57. The molecule has 152 valence electrons. The molecule has 1 heterocycles. The molecule has 0 atom stereocenters. The highest BCUT2D eigenvalue weighted by molar-refractivity contribution is 7.07. The van der Waals surface area contributed by atoms with E-state index in [1.54, 1.807) is 19.9 Å². The van der Waals surface area contributed by atoms with Gasteiger partial charge in [0.1, 0.15) is 26.6 Å². The smallest absolute Gasteiger partial charge is 0.351 e. The molecule has 0 aliphatic carbocycles. The molecule has 0 saturated carbocycles. The molecule has 0 amide bonds. The number of anilines is 1. The van der Waals surface area contributed by atoms with Crippen LogP contribution < -0.4 is 20.1 Å². The molecular weight excluding hydrogens is 398 g/mol. The van der Waals surface area contributed by atoms with Gasteiger partial charge in [0.15, 0.2) is 5.57 Å². The Kier molecular flexibility index (Phi) is 7.16. The SMILES string of the molecule is CCOC(=O)C(C#N)=c1sc(=CNc2ccc(O)c(C(=O)OC)c2)c(=O)n1CC. The van der Waals surface area contributed by atoms with Gasteiger partial charge in [-0.05, 0) is 32.0 Å². The Morgan fingerprint density at radius 1 is 1.38 bits per heavy atom. The number of phenols is 1. The van der Waals surface area contributed by atoms with Crippen LogP contribution in [-0.4, -0.2) is 35.3 Å². The molecule has 2 aromatic rings. The molecule has 0 fully saturated rings. The van der Waals surface area contributed by atoms with Crippen LogP contribution in [0.1, 0.15) is 24.2 Å². The van der Waals surface area contributed by atoms with Crippen molar-refractivity contribution >= 4 is 40.7 Å². The number of nitrogens with one attached hydrogen (secondary N) is 1. The average Bonchev–Trinajstić information content (AvgIpc) is 3.02. The van der Waals surface area contributed by atoms with E-state index in [9.17, 15) is 24.8 Å². The molecular formula is C19H19N3O6S. The highest BCUT2D eigenvalue weighted by Crippen LogP contribution is 2.22. The van der Waals surface area contributed by atoms with Gasteiger partial charge >= 0.3 is 11.9 Å². The minimum absolute atomic E-state index is 0.0360. The second kappa shape index (κ2) is 9.57. The lowest BCUT2D eigenvalue weighted by Crippen LogP contribution is -2.32. The minimum atomic E-state index is -0.792. The Morgan fingerprint density at radius 3 is 2.69 bits per heavy atom. The van der Waals surface area contributed by atoms with E-state index in [2.05, 4.69) is 10.1 Å². The summed E-state index contributed by atoms with van der Waals surface area (Å²) in [5, 5.41) is 22.0. The van der Waals surface area contributed by atoms with E-state index >= 15 is 0 Å². The average molecular weight is 417 g/mol. The number of nitrogens with zero attached hydrogens (tertiary/aromatic N) is 2. The number of thiazole rings is 1. The quantitative estimate of drug-likeness (QED) is 0.514. The lowest BCUT2D eigenvalue weighted by atomic mass is 10.2. The van der Waals surface area contributed by atoms with Crippen molar-refractivity contribution in [3.05, 3.63) is 43.3 Å². The maximum Gasteiger partial charge on any atom is 0.351 e. The number of carbonyl (C=O) groups is 2. The van der Waals surface area contributed by atoms with Gasteiger partial charge in [0.25, 0.3) is 5.56 Å². The summed E-state index contributed by atoms with van der Waals surface area (Å²) < 4.78 is 11.2. The normalized spacial score (nSPS) is 12.1. The van der Waals surface area contributed by atoms with E-state index in [0.717, 1.165) is 11.3 Å². The van der Waals surface area contributed by atoms with Gasteiger partial charge in [-0.2, -0.15) is 5.26 Å². The summed E-state index contributed by atoms with van der Waals surface area (Å²) in [6.07, 6.45) is 1.40. The number of benzene rings is 1. The third kappa shape index (κ3) is 4.64. The molecule has 10 heteroatoms. The van der Waals surface area contributed by atoms with Gasteiger partial charge in [0.2, 0.25) is 0 Å². The summed E-state index contributed by atoms with van der Waals surface area (Å²) >= 11 is 0.966. The molecule has 0 spiro atoms. The monoisotopic (exact) mass is 417 g/mol. The minimum Gasteiger partial charge on any atom is -0.507 e. The number of rotatable bonds is 6. The van der Waals surface area contributed by atoms with Crippen molar-refractivity contribution in [2.24, 2.45) is 0 Å². The van der Waals surface area contributed by atoms with Gasteiger partial charge in [-0.3, -0.25) is 9.36 Å². The van der Waals surface area contributed by atoms with E-state index in [1.165, 1.54) is 36.1 Å². The number of methoxy groups -OCH3 is 1. The molecule has 2 rings (SSSR count). The summed E-state index contributed by atoms with van der Waals surface area (Å²) in [6.45, 7) is 3.71. The molecule has 1 aromatic heterocycles. The number of hydrogen-bond donors (Lipinski definition) is 2. The van der Waals surface area contributed by atoms with E-state index in [-0.39, 0.29) is 44.8 Å². The zero-order valence-electron chi connectivity index (χ0n) is 16.0. The lowest BCUT2D eigenvalue weighted by Gasteiger charge is -2.05. The molecule has 0 saturated heterocycles. The highest BCUT2D eigenvalue weighted by Gasteiger charge is 2.16. The Hall–Kier alpha value is -3.58. The number of carbonyl (C=O) groups excluding carboxylic acids is 2. The first kappa shape index (κ1) is 21.7. The summed E-state index contributed by atoms with van der Waals surface area (Å²) in [6, 6.07) is 6.00. The fraction of sp³-hybridized carbons (Fsp3) is 0.263. The van der Waals surface area contributed by atoms with Gasteiger partial charge in [-0.1, -0.05) is 0 Å². The third-order valence-corrected chi connectivity index (χ3v) is 4.93. The van der Waals surface area contributed by atoms with E-state index in [1.807, 2.05) is 0 Å². The summed E-state index contributed by atoms with van der Waals surface area (Å²) in [5.74, 6) is -1.74. The number of nitriles is 1. The van der Waals surface area contributed by atoms with E-state index in [4.69, 9.17) is 4.74 Å². The molecule has 9 nitrogen and oxygen atoms in total. The number of phenolic OH excluding ortho intramolecular Hbond substituents is 1. The van der Waals surface area contributed by atoms with Gasteiger partial charge in [0, 0.05) is 18.4 Å². The maximum atomic E-state index is 12.6. The first-order chi connectivity index (χ1) is 13.9. The van der Waals surface area contributed by atoms with Gasteiger partial charge in [-0.15, -0.1) is 11.3 Å². The number of hydrogen-bond acceptors (Lipinski definition) is 9. The van der Waals surface area contributed by atoms with Crippen LogP contribution in [0.25, 0.3) is 11.8 Å². The van der Waals surface area contributed by atoms with Gasteiger partial charge in [0.05, 0.1) is 13.7 Å². The first-order valence-electron chi connectivity index (χ1n) is 8.57. The Labute approximate surface area is 169 Å². The third-order valence-electron chi connectivity index (χ3n) is 3.80. The van der Waals surface area contributed by atoms with Crippen LogP contribution in [0.2, 0.25) is 0 Å². The molecule has 29 heavy (non-hydrogen) atoms. The molecule has 0 bridgehead atoms. The fourth-order valence-electron chi connectivity index (χ4n) is 2.42. The van der Waals surface area contributed by atoms with Crippen LogP contribution >= 0.6 is 11.3 Å². The van der Waals surface area contributed by atoms with Crippen molar-refractivity contribution in [3.8, 4) is 11.8 Å². The Balaban J connectivity index is 2.55. The molecule has 0 unspecified atom stereocenters. The number of aromatic hydroxyl groups is 1. The Bertz CT molecular complexity index is 1160. The lowest BCUT2D eigenvalue weighted by molar-refractivity contribution is -0.136. The second-order valence-electron chi connectivity index (χ2n) is 5.54. The number of esters is 2. The van der Waals surface area contributed by atoms with Crippen LogP contribution in [0.4, 0.5) is 5.69 Å². The van der Waals surface area contributed by atoms with Crippen molar-refractivity contribution in [2.75, 3.05) is 19.0 Å². The molecule has 2 N–H and O–H groups in total. The van der Waals surface area contributed by atoms with Crippen LogP contribution in [-0.2, 0) is 20.8 Å². The molecule has 0 radical (unpaired) electrons. The molecule has 0 aliphatic rings. The van der Waals surface area contributed by atoms with Crippen molar-refractivity contribution < 1.29 is 24.2 Å². The highest BCUT2D eigenvalue weighted by atomic mass is 32.1. The van der Waals surface area contributed by atoms with Crippen LogP contribution in [0.5, 0.6) is 5.75 Å². The zero-order chi connectivity index (χ0) is 21.6. The number of aromatic nitrogens is 1. The molecule has 0 aliphatic heterocycles. The van der Waals surface area contributed by atoms with Crippen LogP contribution in [0.3, 0.4) is 0 Å². The molecule has 1 aromatic carbocycles. The van der Waals surface area contributed by atoms with Gasteiger partial charge in [-0.25, -0.2) is 9.59 Å². The van der Waals surface area contributed by atoms with E-state index < -0.39 is 11.9 Å². The van der Waals surface area contributed by atoms with Crippen molar-refractivity contribution in [1.29, 1.82) is 5.26 Å². The predicted octanol–water partition coefficient (Wildman–Crippen LogP) is 0.509. The largest absolute Gasteiger partial charge is 0.507 e. The first-order valence-corrected chi connectivity index (χ1v) is 9.38.